The largest absolute Gasteiger partial charge is 0.495 e. The molecule has 0 spiro atoms. The highest BCUT2D eigenvalue weighted by molar-refractivity contribution is 5.93. The topological polar surface area (TPSA) is 67.9 Å². The average molecular weight is 294 g/mol. The van der Waals surface area contributed by atoms with E-state index in [4.69, 9.17) is 4.74 Å². The van der Waals surface area contributed by atoms with Crippen molar-refractivity contribution in [2.24, 2.45) is 0 Å². The van der Waals surface area contributed by atoms with E-state index in [1.165, 1.54) is 7.11 Å². The van der Waals surface area contributed by atoms with Gasteiger partial charge >= 0.3 is 5.97 Å². The van der Waals surface area contributed by atoms with Crippen molar-refractivity contribution in [1.29, 1.82) is 0 Å². The Bertz CT molecular complexity index is 476. The molecule has 0 heterocycles. The van der Waals surface area contributed by atoms with Gasteiger partial charge in [0.15, 0.2) is 0 Å². The fourth-order valence-corrected chi connectivity index (χ4v) is 1.84. The number of para-hydroxylation sites is 2. The summed E-state index contributed by atoms with van der Waals surface area (Å²) in [7, 11) is 2.91. The predicted molar refractivity (Wildman–Crippen MR) is 80.4 cm³/mol. The Morgan fingerprint density at radius 1 is 1.24 bits per heavy atom. The first-order valence-electron chi connectivity index (χ1n) is 6.82. The van der Waals surface area contributed by atoms with Gasteiger partial charge in [0.2, 0.25) is 5.91 Å². The van der Waals surface area contributed by atoms with E-state index in [0.29, 0.717) is 24.5 Å². The molecule has 6 nitrogen and oxygen atoms in total. The van der Waals surface area contributed by atoms with Gasteiger partial charge in [-0.15, -0.1) is 0 Å². The van der Waals surface area contributed by atoms with E-state index in [9.17, 15) is 9.59 Å². The van der Waals surface area contributed by atoms with Crippen LogP contribution in [-0.4, -0.2) is 50.6 Å². The van der Waals surface area contributed by atoms with Gasteiger partial charge in [0, 0.05) is 6.54 Å². The lowest BCUT2D eigenvalue weighted by molar-refractivity contribution is -0.141. The van der Waals surface area contributed by atoms with E-state index in [2.05, 4.69) is 10.1 Å². The SMILES string of the molecule is CCN(CCC(=O)OC)CC(=O)Nc1ccccc1OC. The second kappa shape index (κ2) is 8.97. The van der Waals surface area contributed by atoms with Gasteiger partial charge in [-0.1, -0.05) is 19.1 Å². The van der Waals surface area contributed by atoms with E-state index in [0.717, 1.165) is 0 Å². The van der Waals surface area contributed by atoms with Gasteiger partial charge in [-0.25, -0.2) is 0 Å². The minimum atomic E-state index is -0.279. The van der Waals surface area contributed by atoms with Gasteiger partial charge < -0.3 is 14.8 Å². The molecule has 21 heavy (non-hydrogen) atoms. The molecule has 0 radical (unpaired) electrons. The van der Waals surface area contributed by atoms with Crippen molar-refractivity contribution in [1.82, 2.24) is 4.90 Å². The third-order valence-electron chi connectivity index (χ3n) is 3.06. The summed E-state index contributed by atoms with van der Waals surface area (Å²) < 4.78 is 9.77. The molecule has 6 heteroatoms. The number of carbonyl (C=O) groups is 2. The number of amides is 1. The van der Waals surface area contributed by atoms with Crippen LogP contribution in [0.4, 0.5) is 5.69 Å². The first-order valence-corrected chi connectivity index (χ1v) is 6.82. The molecular formula is C15H22N2O4. The summed E-state index contributed by atoms with van der Waals surface area (Å²) in [6, 6.07) is 7.22. The third kappa shape index (κ3) is 5.83. The van der Waals surface area contributed by atoms with E-state index in [-0.39, 0.29) is 24.8 Å². The van der Waals surface area contributed by atoms with Gasteiger partial charge in [-0.3, -0.25) is 14.5 Å². The standard InChI is InChI=1S/C15H22N2O4/c1-4-17(10-9-15(19)21-3)11-14(18)16-12-7-5-6-8-13(12)20-2/h5-8H,4,9-11H2,1-3H3,(H,16,18). The van der Waals surface area contributed by atoms with Crippen LogP contribution >= 0.6 is 0 Å². The quantitative estimate of drug-likeness (QED) is 0.736. The number of carbonyl (C=O) groups excluding carboxylic acids is 2. The fourth-order valence-electron chi connectivity index (χ4n) is 1.84. The molecule has 1 N–H and O–H groups in total. The van der Waals surface area contributed by atoms with Crippen LogP contribution in [0.3, 0.4) is 0 Å². The van der Waals surface area contributed by atoms with Crippen LogP contribution in [0.25, 0.3) is 0 Å². The van der Waals surface area contributed by atoms with Crippen LogP contribution < -0.4 is 10.1 Å². The Morgan fingerprint density at radius 2 is 1.95 bits per heavy atom. The maximum Gasteiger partial charge on any atom is 0.306 e. The van der Waals surface area contributed by atoms with Crippen molar-refractivity contribution in [3.8, 4) is 5.75 Å². The number of benzene rings is 1. The molecule has 0 aliphatic rings. The van der Waals surface area contributed by atoms with Crippen LogP contribution in [0.15, 0.2) is 24.3 Å². The summed E-state index contributed by atoms with van der Waals surface area (Å²) in [5, 5.41) is 2.81. The summed E-state index contributed by atoms with van der Waals surface area (Å²) >= 11 is 0. The van der Waals surface area contributed by atoms with Gasteiger partial charge in [0.25, 0.3) is 0 Å². The lowest BCUT2D eigenvalue weighted by Crippen LogP contribution is -2.34. The summed E-state index contributed by atoms with van der Waals surface area (Å²) in [4.78, 5) is 25.0. The molecule has 0 bridgehead atoms. The molecular weight excluding hydrogens is 272 g/mol. The van der Waals surface area contributed by atoms with Gasteiger partial charge in [-0.2, -0.15) is 0 Å². The predicted octanol–water partition coefficient (Wildman–Crippen LogP) is 1.52. The molecule has 0 unspecified atom stereocenters. The second-order valence-corrected chi connectivity index (χ2v) is 4.44. The first kappa shape index (κ1) is 17.0. The second-order valence-electron chi connectivity index (χ2n) is 4.44. The summed E-state index contributed by atoms with van der Waals surface area (Å²) in [5.74, 6) is 0.188. The number of methoxy groups -OCH3 is 2. The lowest BCUT2D eigenvalue weighted by Gasteiger charge is -2.19. The fraction of sp³-hybridized carbons (Fsp3) is 0.467. The molecule has 0 aliphatic heterocycles. The average Bonchev–Trinajstić information content (AvgIpc) is 2.51. The number of likely N-dealkylation sites (N-methyl/N-ethyl adjacent to an activating group) is 1. The number of anilines is 1. The maximum absolute atomic E-state index is 12.0. The van der Waals surface area contributed by atoms with Crippen molar-refractivity contribution in [3.05, 3.63) is 24.3 Å². The van der Waals surface area contributed by atoms with Crippen molar-refractivity contribution >= 4 is 17.6 Å². The van der Waals surface area contributed by atoms with Crippen molar-refractivity contribution in [3.63, 3.8) is 0 Å². The zero-order valence-electron chi connectivity index (χ0n) is 12.7. The van der Waals surface area contributed by atoms with Crippen molar-refractivity contribution in [2.45, 2.75) is 13.3 Å². The Balaban J connectivity index is 2.52. The molecule has 1 aromatic rings. The van der Waals surface area contributed by atoms with Crippen LogP contribution in [0.1, 0.15) is 13.3 Å². The number of hydrogen-bond acceptors (Lipinski definition) is 5. The zero-order chi connectivity index (χ0) is 15.7. The summed E-state index contributed by atoms with van der Waals surface area (Å²) in [5.41, 5.74) is 0.633. The molecule has 1 aromatic carbocycles. The number of nitrogens with one attached hydrogen (secondary N) is 1. The molecule has 0 aliphatic carbocycles. The van der Waals surface area contributed by atoms with Crippen LogP contribution in [0.2, 0.25) is 0 Å². The number of hydrogen-bond donors (Lipinski definition) is 1. The van der Waals surface area contributed by atoms with Crippen LogP contribution in [0, 0.1) is 0 Å². The normalized spacial score (nSPS) is 10.3. The molecule has 1 rings (SSSR count). The molecule has 1 amide bonds. The molecule has 0 fully saturated rings. The third-order valence-corrected chi connectivity index (χ3v) is 3.06. The van der Waals surface area contributed by atoms with E-state index in [1.807, 2.05) is 24.0 Å². The minimum Gasteiger partial charge on any atom is -0.495 e. The number of nitrogens with zero attached hydrogens (tertiary/aromatic N) is 1. The van der Waals surface area contributed by atoms with Crippen molar-refractivity contribution in [2.75, 3.05) is 39.2 Å². The molecule has 116 valence electrons. The van der Waals surface area contributed by atoms with E-state index >= 15 is 0 Å². The molecule has 0 atom stereocenters. The highest BCUT2D eigenvalue weighted by atomic mass is 16.5. The van der Waals surface area contributed by atoms with Crippen LogP contribution in [0.5, 0.6) is 5.75 Å². The monoisotopic (exact) mass is 294 g/mol. The number of esters is 1. The van der Waals surface area contributed by atoms with Crippen LogP contribution in [-0.2, 0) is 14.3 Å². The maximum atomic E-state index is 12.0. The molecule has 0 aromatic heterocycles. The minimum absolute atomic E-state index is 0.147. The number of ether oxygens (including phenoxy) is 2. The van der Waals surface area contributed by atoms with Gasteiger partial charge in [-0.05, 0) is 18.7 Å². The zero-order valence-corrected chi connectivity index (χ0v) is 12.7. The highest BCUT2D eigenvalue weighted by Gasteiger charge is 2.12. The highest BCUT2D eigenvalue weighted by Crippen LogP contribution is 2.22. The Kier molecular flexibility index (Phi) is 7.25. The number of rotatable bonds is 8. The van der Waals surface area contributed by atoms with E-state index in [1.54, 1.807) is 19.2 Å². The van der Waals surface area contributed by atoms with Crippen molar-refractivity contribution < 1.29 is 19.1 Å². The lowest BCUT2D eigenvalue weighted by atomic mass is 10.3. The summed E-state index contributed by atoms with van der Waals surface area (Å²) in [6.45, 7) is 3.32. The smallest absolute Gasteiger partial charge is 0.306 e. The van der Waals surface area contributed by atoms with Gasteiger partial charge in [0.1, 0.15) is 5.75 Å². The summed E-state index contributed by atoms with van der Waals surface area (Å²) in [6.07, 6.45) is 0.270. The Morgan fingerprint density at radius 3 is 2.57 bits per heavy atom. The Labute approximate surface area is 125 Å². The Hall–Kier alpha value is -2.08. The molecule has 0 saturated heterocycles. The molecule has 0 saturated carbocycles. The first-order chi connectivity index (χ1) is 10.1. The van der Waals surface area contributed by atoms with E-state index < -0.39 is 0 Å². The van der Waals surface area contributed by atoms with Gasteiger partial charge in [0.05, 0.1) is 32.9 Å².